The van der Waals surface area contributed by atoms with E-state index >= 15 is 0 Å². The second-order valence-electron chi connectivity index (χ2n) is 8.72. The van der Waals surface area contributed by atoms with Crippen molar-refractivity contribution in [2.45, 2.75) is 33.4 Å². The minimum Gasteiger partial charge on any atom is -0.504 e. The normalized spacial score (nSPS) is 13.7. The number of aromatic nitrogens is 1. The highest BCUT2D eigenvalue weighted by atomic mass is 16.5. The second-order valence-corrected chi connectivity index (χ2v) is 8.72. The summed E-state index contributed by atoms with van der Waals surface area (Å²) in [5.41, 5.74) is 4.36. The fourth-order valence-corrected chi connectivity index (χ4v) is 3.72. The number of ether oxygens (including phenoxy) is 1. The lowest BCUT2D eigenvalue weighted by atomic mass is 10.1. The number of hydrogen-bond donors (Lipinski definition) is 2. The van der Waals surface area contributed by atoms with Gasteiger partial charge in [0, 0.05) is 35.8 Å². The minimum atomic E-state index is -0.674. The molecule has 1 aliphatic heterocycles. The average molecular weight is 461 g/mol. The molecule has 0 spiro atoms. The number of fused-ring (bicyclic) bond motifs is 1. The SMILES string of the molecule is Cc1cc(CN(C)C)ccc1Nc1oc(C=C2C=Nc3ncccc32)c(O)c1C(=O)OC(C)C. The van der Waals surface area contributed by atoms with Crippen LogP contribution in [0, 0.1) is 6.92 Å². The number of anilines is 2. The van der Waals surface area contributed by atoms with Crippen molar-refractivity contribution in [3.05, 3.63) is 64.5 Å². The van der Waals surface area contributed by atoms with Gasteiger partial charge in [-0.3, -0.25) is 0 Å². The molecule has 0 fully saturated rings. The van der Waals surface area contributed by atoms with E-state index in [1.54, 1.807) is 32.3 Å². The van der Waals surface area contributed by atoms with Gasteiger partial charge in [0.25, 0.3) is 0 Å². The van der Waals surface area contributed by atoms with Gasteiger partial charge in [-0.15, -0.1) is 0 Å². The molecule has 3 aromatic rings. The van der Waals surface area contributed by atoms with E-state index in [0.29, 0.717) is 11.4 Å². The number of pyridine rings is 1. The summed E-state index contributed by atoms with van der Waals surface area (Å²) in [4.78, 5) is 23.4. The molecule has 3 heterocycles. The van der Waals surface area contributed by atoms with Gasteiger partial charge >= 0.3 is 5.97 Å². The van der Waals surface area contributed by atoms with Gasteiger partial charge in [-0.2, -0.15) is 0 Å². The van der Waals surface area contributed by atoms with E-state index in [9.17, 15) is 9.90 Å². The number of furan rings is 1. The Morgan fingerprint density at radius 3 is 2.79 bits per heavy atom. The summed E-state index contributed by atoms with van der Waals surface area (Å²) in [6.45, 7) is 6.28. The van der Waals surface area contributed by atoms with E-state index in [2.05, 4.69) is 26.3 Å². The van der Waals surface area contributed by atoms with Crippen molar-refractivity contribution in [1.82, 2.24) is 9.88 Å². The predicted molar refractivity (Wildman–Crippen MR) is 133 cm³/mol. The molecule has 0 saturated heterocycles. The molecule has 0 radical (unpaired) electrons. The molecule has 0 saturated carbocycles. The predicted octanol–water partition coefficient (Wildman–Crippen LogP) is 5.32. The molecule has 176 valence electrons. The number of carbonyl (C=O) groups excluding carboxylic acids is 1. The van der Waals surface area contributed by atoms with Crippen LogP contribution in [0.4, 0.5) is 17.4 Å². The minimum absolute atomic E-state index is 0.0568. The first-order chi connectivity index (χ1) is 16.2. The topological polar surface area (TPSA) is 100 Å². The fourth-order valence-electron chi connectivity index (χ4n) is 3.72. The highest BCUT2D eigenvalue weighted by Gasteiger charge is 2.28. The maximum absolute atomic E-state index is 12.9. The number of rotatable bonds is 7. The Hall–Kier alpha value is -3.91. The Kier molecular flexibility index (Phi) is 6.51. The second kappa shape index (κ2) is 9.52. The van der Waals surface area contributed by atoms with Crippen LogP contribution in [-0.4, -0.2) is 47.4 Å². The summed E-state index contributed by atoms with van der Waals surface area (Å²) >= 11 is 0. The number of benzene rings is 1. The molecule has 0 unspecified atom stereocenters. The van der Waals surface area contributed by atoms with Gasteiger partial charge < -0.3 is 24.5 Å². The van der Waals surface area contributed by atoms with E-state index in [1.807, 2.05) is 45.3 Å². The van der Waals surface area contributed by atoms with Crippen molar-refractivity contribution < 1.29 is 19.1 Å². The van der Waals surface area contributed by atoms with E-state index in [1.165, 1.54) is 0 Å². The lowest BCUT2D eigenvalue weighted by Crippen LogP contribution is -2.13. The number of nitrogens with zero attached hydrogens (tertiary/aromatic N) is 3. The number of aryl methyl sites for hydroxylation is 1. The molecule has 0 bridgehead atoms. The number of allylic oxidation sites excluding steroid dienone is 1. The Bertz CT molecular complexity index is 1290. The standard InChI is InChI=1S/C26H28N4O4/c1-15(2)33-26(32)22-23(31)21(12-18-13-28-24-19(18)7-6-10-27-24)34-25(22)29-20-9-8-17(11-16(20)3)14-30(4)5/h6-13,15,29,31H,14H2,1-5H3. The maximum atomic E-state index is 12.9. The Balaban J connectivity index is 1.73. The molecule has 1 aliphatic rings. The van der Waals surface area contributed by atoms with Crippen LogP contribution >= 0.6 is 0 Å². The average Bonchev–Trinajstić information content (AvgIpc) is 3.30. The first-order valence-electron chi connectivity index (χ1n) is 11.0. The van der Waals surface area contributed by atoms with Gasteiger partial charge in [0.15, 0.2) is 22.9 Å². The molecular formula is C26H28N4O4. The van der Waals surface area contributed by atoms with Crippen molar-refractivity contribution >= 4 is 41.2 Å². The van der Waals surface area contributed by atoms with Gasteiger partial charge in [0.1, 0.15) is 0 Å². The number of aliphatic imine (C=N–C) groups is 1. The third-order valence-electron chi connectivity index (χ3n) is 5.20. The van der Waals surface area contributed by atoms with Crippen LogP contribution in [0.5, 0.6) is 5.75 Å². The van der Waals surface area contributed by atoms with Crippen LogP contribution in [0.2, 0.25) is 0 Å². The molecule has 4 rings (SSSR count). The molecule has 2 aromatic heterocycles. The van der Waals surface area contributed by atoms with Gasteiger partial charge in [-0.25, -0.2) is 14.8 Å². The largest absolute Gasteiger partial charge is 0.504 e. The molecule has 0 amide bonds. The quantitative estimate of drug-likeness (QED) is 0.461. The summed E-state index contributed by atoms with van der Waals surface area (Å²) in [6, 6.07) is 9.69. The van der Waals surface area contributed by atoms with Gasteiger partial charge in [-0.1, -0.05) is 12.1 Å². The Labute approximate surface area is 198 Å². The summed E-state index contributed by atoms with van der Waals surface area (Å²) in [6.07, 6.45) is 4.59. The van der Waals surface area contributed by atoms with Gasteiger partial charge in [-0.05, 0) is 70.3 Å². The van der Waals surface area contributed by atoms with Crippen LogP contribution in [-0.2, 0) is 11.3 Å². The molecule has 0 atom stereocenters. The van der Waals surface area contributed by atoms with Crippen molar-refractivity contribution in [3.63, 3.8) is 0 Å². The van der Waals surface area contributed by atoms with E-state index in [4.69, 9.17) is 9.15 Å². The summed E-state index contributed by atoms with van der Waals surface area (Å²) in [7, 11) is 4.03. The zero-order chi connectivity index (χ0) is 24.4. The number of esters is 1. The smallest absolute Gasteiger partial charge is 0.347 e. The van der Waals surface area contributed by atoms with Crippen LogP contribution < -0.4 is 5.32 Å². The zero-order valence-electron chi connectivity index (χ0n) is 19.9. The molecule has 1 aromatic carbocycles. The van der Waals surface area contributed by atoms with Crippen LogP contribution in [0.3, 0.4) is 0 Å². The highest BCUT2D eigenvalue weighted by molar-refractivity contribution is 6.21. The zero-order valence-corrected chi connectivity index (χ0v) is 19.9. The number of aromatic hydroxyl groups is 1. The molecule has 2 N–H and O–H groups in total. The van der Waals surface area contributed by atoms with E-state index < -0.39 is 5.97 Å². The molecule has 34 heavy (non-hydrogen) atoms. The molecular weight excluding hydrogens is 432 g/mol. The highest BCUT2D eigenvalue weighted by Crippen LogP contribution is 2.40. The van der Waals surface area contributed by atoms with Crippen LogP contribution in [0.15, 0.2) is 45.9 Å². The number of nitrogens with one attached hydrogen (secondary N) is 1. The lowest BCUT2D eigenvalue weighted by molar-refractivity contribution is 0.0376. The van der Waals surface area contributed by atoms with Crippen molar-refractivity contribution in [2.24, 2.45) is 4.99 Å². The Morgan fingerprint density at radius 1 is 1.29 bits per heavy atom. The van der Waals surface area contributed by atoms with E-state index in [0.717, 1.165) is 28.9 Å². The van der Waals surface area contributed by atoms with Crippen molar-refractivity contribution in [2.75, 3.05) is 19.4 Å². The molecule has 8 nitrogen and oxygen atoms in total. The third-order valence-corrected chi connectivity index (χ3v) is 5.20. The number of hydrogen-bond acceptors (Lipinski definition) is 8. The van der Waals surface area contributed by atoms with Crippen LogP contribution in [0.1, 0.15) is 46.7 Å². The molecule has 8 heteroatoms. The molecule has 0 aliphatic carbocycles. The first-order valence-corrected chi connectivity index (χ1v) is 11.0. The summed E-state index contributed by atoms with van der Waals surface area (Å²) < 4.78 is 11.3. The van der Waals surface area contributed by atoms with Crippen LogP contribution in [0.25, 0.3) is 11.6 Å². The van der Waals surface area contributed by atoms with Gasteiger partial charge in [0.2, 0.25) is 5.88 Å². The number of carbonyl (C=O) groups is 1. The Morgan fingerprint density at radius 2 is 2.09 bits per heavy atom. The van der Waals surface area contributed by atoms with E-state index in [-0.39, 0.29) is 29.1 Å². The van der Waals surface area contributed by atoms with Crippen molar-refractivity contribution in [1.29, 1.82) is 0 Å². The summed E-state index contributed by atoms with van der Waals surface area (Å²) in [5, 5.41) is 14.1. The fraction of sp³-hybridized carbons (Fsp3) is 0.269. The monoisotopic (exact) mass is 460 g/mol. The summed E-state index contributed by atoms with van der Waals surface area (Å²) in [5.74, 6) is -0.148. The first kappa shape index (κ1) is 23.3. The van der Waals surface area contributed by atoms with Gasteiger partial charge in [0.05, 0.1) is 6.10 Å². The van der Waals surface area contributed by atoms with Crippen molar-refractivity contribution in [3.8, 4) is 5.75 Å². The maximum Gasteiger partial charge on any atom is 0.347 e. The lowest BCUT2D eigenvalue weighted by Gasteiger charge is -2.14. The third kappa shape index (κ3) is 4.87.